The molecular formula is C8H14N2O. The van der Waals surface area contributed by atoms with Gasteiger partial charge in [0.25, 0.3) is 0 Å². The summed E-state index contributed by atoms with van der Waals surface area (Å²) in [5, 5.41) is 2.98. The molecule has 0 atom stereocenters. The van der Waals surface area contributed by atoms with Crippen molar-refractivity contribution in [3.8, 4) is 0 Å². The van der Waals surface area contributed by atoms with Crippen LogP contribution >= 0.6 is 0 Å². The number of nitrogens with two attached hydrogens (primary N) is 1. The van der Waals surface area contributed by atoms with Crippen LogP contribution in [0.3, 0.4) is 0 Å². The van der Waals surface area contributed by atoms with Gasteiger partial charge < -0.3 is 11.1 Å². The van der Waals surface area contributed by atoms with E-state index in [4.69, 9.17) is 5.73 Å². The van der Waals surface area contributed by atoms with Gasteiger partial charge in [0.15, 0.2) is 0 Å². The first-order valence-corrected chi connectivity index (χ1v) is 4.31. The third kappa shape index (κ3) is 1.53. The molecule has 0 bridgehead atoms. The first kappa shape index (κ1) is 7.10. The molecule has 62 valence electrons. The van der Waals surface area contributed by atoms with E-state index in [0.29, 0.717) is 6.04 Å². The molecule has 2 aliphatic carbocycles. The Morgan fingerprint density at radius 1 is 1.36 bits per heavy atom. The second-order valence-electron chi connectivity index (χ2n) is 3.71. The van der Waals surface area contributed by atoms with Crippen LogP contribution in [-0.4, -0.2) is 18.0 Å². The zero-order valence-corrected chi connectivity index (χ0v) is 6.55. The van der Waals surface area contributed by atoms with Crippen molar-refractivity contribution in [3.05, 3.63) is 0 Å². The minimum absolute atomic E-state index is 0.227. The zero-order valence-electron chi connectivity index (χ0n) is 6.55. The average Bonchev–Trinajstić information content (AvgIpc) is 2.64. The van der Waals surface area contributed by atoms with Crippen molar-refractivity contribution in [3.63, 3.8) is 0 Å². The normalized spacial score (nSPS) is 36.1. The Hall–Kier alpha value is -0.570. The van der Waals surface area contributed by atoms with Crippen molar-refractivity contribution in [1.82, 2.24) is 5.32 Å². The monoisotopic (exact) mass is 154 g/mol. The average molecular weight is 154 g/mol. The van der Waals surface area contributed by atoms with Gasteiger partial charge in [0.05, 0.1) is 0 Å². The highest BCUT2D eigenvalue weighted by Gasteiger charge is 2.34. The molecule has 0 aliphatic heterocycles. The molecule has 1 amide bonds. The number of hydrogen-bond donors (Lipinski definition) is 2. The molecule has 0 spiro atoms. The molecule has 0 aromatic heterocycles. The number of amides is 1. The third-order valence-electron chi connectivity index (χ3n) is 2.47. The first-order valence-electron chi connectivity index (χ1n) is 4.31. The van der Waals surface area contributed by atoms with Crippen molar-refractivity contribution in [2.45, 2.75) is 37.8 Å². The van der Waals surface area contributed by atoms with Gasteiger partial charge in [-0.2, -0.15) is 0 Å². The second-order valence-corrected chi connectivity index (χ2v) is 3.71. The summed E-state index contributed by atoms with van der Waals surface area (Å²) in [6.45, 7) is 0. The Balaban J connectivity index is 1.72. The van der Waals surface area contributed by atoms with Gasteiger partial charge in [0, 0.05) is 18.0 Å². The molecule has 0 aromatic rings. The maximum Gasteiger partial charge on any atom is 0.223 e. The van der Waals surface area contributed by atoms with Crippen molar-refractivity contribution in [2.75, 3.05) is 0 Å². The molecule has 2 aliphatic rings. The third-order valence-corrected chi connectivity index (χ3v) is 2.47. The van der Waals surface area contributed by atoms with Crippen LogP contribution in [0.25, 0.3) is 0 Å². The summed E-state index contributed by atoms with van der Waals surface area (Å²) in [6, 6.07) is 0.782. The number of nitrogens with one attached hydrogen (secondary N) is 1. The quantitative estimate of drug-likeness (QED) is 0.588. The predicted molar refractivity (Wildman–Crippen MR) is 41.9 cm³/mol. The number of carbonyl (C=O) groups is 1. The van der Waals surface area contributed by atoms with Crippen molar-refractivity contribution >= 4 is 5.91 Å². The lowest BCUT2D eigenvalue weighted by molar-refractivity contribution is -0.128. The summed E-state index contributed by atoms with van der Waals surface area (Å²) < 4.78 is 0. The fourth-order valence-electron chi connectivity index (χ4n) is 1.42. The van der Waals surface area contributed by atoms with E-state index >= 15 is 0 Å². The Kier molecular flexibility index (Phi) is 1.60. The van der Waals surface area contributed by atoms with Crippen molar-refractivity contribution in [2.24, 2.45) is 11.7 Å². The summed E-state index contributed by atoms with van der Waals surface area (Å²) in [4.78, 5) is 11.3. The summed E-state index contributed by atoms with van der Waals surface area (Å²) >= 11 is 0. The largest absolute Gasteiger partial charge is 0.353 e. The van der Waals surface area contributed by atoms with Crippen LogP contribution in [0.1, 0.15) is 25.7 Å². The van der Waals surface area contributed by atoms with E-state index in [0.717, 1.165) is 12.8 Å². The van der Waals surface area contributed by atoms with Crippen LogP contribution in [0, 0.1) is 5.92 Å². The van der Waals surface area contributed by atoms with Crippen molar-refractivity contribution in [1.29, 1.82) is 0 Å². The fraction of sp³-hybridized carbons (Fsp3) is 0.875. The summed E-state index contributed by atoms with van der Waals surface area (Å²) in [7, 11) is 0. The van der Waals surface area contributed by atoms with Crippen molar-refractivity contribution < 1.29 is 4.79 Å². The Bertz CT molecular complexity index is 171. The van der Waals surface area contributed by atoms with Crippen LogP contribution < -0.4 is 11.1 Å². The van der Waals surface area contributed by atoms with E-state index in [1.54, 1.807) is 0 Å². The Labute approximate surface area is 66.3 Å². The van der Waals surface area contributed by atoms with E-state index in [-0.39, 0.29) is 17.9 Å². The Morgan fingerprint density at radius 2 is 2.00 bits per heavy atom. The minimum atomic E-state index is 0.227. The van der Waals surface area contributed by atoms with Gasteiger partial charge in [-0.05, 0) is 25.7 Å². The molecule has 0 radical (unpaired) electrons. The SMILES string of the molecule is NC1CC(C(=O)NC2CC2)C1. The molecule has 2 rings (SSSR count). The number of carbonyl (C=O) groups excluding carboxylic acids is 1. The van der Waals surface area contributed by atoms with Crippen LogP contribution in [0.2, 0.25) is 0 Å². The van der Waals surface area contributed by atoms with E-state index < -0.39 is 0 Å². The maximum absolute atomic E-state index is 11.3. The number of hydrogen-bond acceptors (Lipinski definition) is 2. The number of rotatable bonds is 2. The predicted octanol–water partition coefficient (Wildman–Crippen LogP) is 0.00230. The molecule has 3 heteroatoms. The van der Waals surface area contributed by atoms with Crippen LogP contribution in [0.4, 0.5) is 0 Å². The topological polar surface area (TPSA) is 55.1 Å². The lowest BCUT2D eigenvalue weighted by Gasteiger charge is -2.31. The second kappa shape index (κ2) is 2.48. The van der Waals surface area contributed by atoms with E-state index in [2.05, 4.69) is 5.32 Å². The molecular weight excluding hydrogens is 140 g/mol. The zero-order chi connectivity index (χ0) is 7.84. The van der Waals surface area contributed by atoms with Gasteiger partial charge in [0.2, 0.25) is 5.91 Å². The minimum Gasteiger partial charge on any atom is -0.353 e. The molecule has 2 saturated carbocycles. The molecule has 0 saturated heterocycles. The molecule has 2 fully saturated rings. The van der Waals surface area contributed by atoms with E-state index in [1.165, 1.54) is 12.8 Å². The summed E-state index contributed by atoms with van der Waals surface area (Å²) in [5.74, 6) is 0.458. The molecule has 0 unspecified atom stereocenters. The van der Waals surface area contributed by atoms with Gasteiger partial charge in [-0.25, -0.2) is 0 Å². The van der Waals surface area contributed by atoms with Gasteiger partial charge >= 0.3 is 0 Å². The van der Waals surface area contributed by atoms with Crippen LogP contribution in [0.5, 0.6) is 0 Å². The Morgan fingerprint density at radius 3 is 2.45 bits per heavy atom. The maximum atomic E-state index is 11.3. The molecule has 0 aromatic carbocycles. The van der Waals surface area contributed by atoms with Gasteiger partial charge in [-0.3, -0.25) is 4.79 Å². The lowest BCUT2D eigenvalue weighted by atomic mass is 9.80. The standard InChI is InChI=1S/C8H14N2O/c9-6-3-5(4-6)8(11)10-7-1-2-7/h5-7H,1-4,9H2,(H,10,11). The summed E-state index contributed by atoms with van der Waals surface area (Å²) in [5.41, 5.74) is 5.57. The van der Waals surface area contributed by atoms with Gasteiger partial charge in [-0.15, -0.1) is 0 Å². The first-order chi connectivity index (χ1) is 5.25. The molecule has 3 N–H and O–H groups in total. The fourth-order valence-corrected chi connectivity index (χ4v) is 1.42. The van der Waals surface area contributed by atoms with E-state index in [1.807, 2.05) is 0 Å². The molecule has 3 nitrogen and oxygen atoms in total. The van der Waals surface area contributed by atoms with Crippen LogP contribution in [0.15, 0.2) is 0 Å². The van der Waals surface area contributed by atoms with Crippen LogP contribution in [-0.2, 0) is 4.79 Å². The molecule has 11 heavy (non-hydrogen) atoms. The highest BCUT2D eigenvalue weighted by atomic mass is 16.2. The van der Waals surface area contributed by atoms with Gasteiger partial charge in [-0.1, -0.05) is 0 Å². The van der Waals surface area contributed by atoms with Gasteiger partial charge in [0.1, 0.15) is 0 Å². The summed E-state index contributed by atoms with van der Waals surface area (Å²) in [6.07, 6.45) is 4.12. The molecule has 0 heterocycles. The van der Waals surface area contributed by atoms with E-state index in [9.17, 15) is 4.79 Å². The highest BCUT2D eigenvalue weighted by Crippen LogP contribution is 2.27. The lowest BCUT2D eigenvalue weighted by Crippen LogP contribution is -2.45. The smallest absolute Gasteiger partial charge is 0.223 e. The highest BCUT2D eigenvalue weighted by molar-refractivity contribution is 5.80.